The average molecular weight is 330 g/mol. The van der Waals surface area contributed by atoms with Gasteiger partial charge in [-0.05, 0) is 12.0 Å². The molecule has 8 nitrogen and oxygen atoms in total. The molecular weight excluding hydrogens is 308 g/mol. The van der Waals surface area contributed by atoms with Crippen LogP contribution < -0.4 is 0 Å². The Morgan fingerprint density at radius 3 is 2.57 bits per heavy atom. The zero-order valence-corrected chi connectivity index (χ0v) is 12.4. The van der Waals surface area contributed by atoms with E-state index in [0.717, 1.165) is 12.0 Å². The van der Waals surface area contributed by atoms with Gasteiger partial charge in [-0.25, -0.2) is 0 Å². The molecule has 8 atom stereocenters. The molecule has 3 aliphatic rings. The molecule has 5 N–H and O–H groups in total. The van der Waals surface area contributed by atoms with Crippen molar-refractivity contribution in [2.24, 2.45) is 11.8 Å². The van der Waals surface area contributed by atoms with Crippen molar-refractivity contribution in [2.45, 2.75) is 43.4 Å². The molecule has 1 fully saturated rings. The molecule has 2 aliphatic heterocycles. The van der Waals surface area contributed by atoms with E-state index in [1.807, 2.05) is 12.2 Å². The molecule has 23 heavy (non-hydrogen) atoms. The van der Waals surface area contributed by atoms with Gasteiger partial charge in [-0.3, -0.25) is 0 Å². The highest BCUT2D eigenvalue weighted by Crippen LogP contribution is 2.39. The summed E-state index contributed by atoms with van der Waals surface area (Å²) in [7, 11) is 0. The molecular formula is C15H22O8. The van der Waals surface area contributed by atoms with Crippen LogP contribution in [0.25, 0.3) is 0 Å². The van der Waals surface area contributed by atoms with Crippen molar-refractivity contribution in [1.29, 1.82) is 0 Å². The lowest BCUT2D eigenvalue weighted by molar-refractivity contribution is -0.339. The van der Waals surface area contributed by atoms with Crippen molar-refractivity contribution >= 4 is 0 Å². The van der Waals surface area contributed by atoms with Crippen LogP contribution in [-0.4, -0.2) is 75.7 Å². The summed E-state index contributed by atoms with van der Waals surface area (Å²) in [6, 6.07) is 0. The molecule has 2 heterocycles. The van der Waals surface area contributed by atoms with Gasteiger partial charge in [-0.1, -0.05) is 12.2 Å². The maximum Gasteiger partial charge on any atom is 0.208 e. The highest BCUT2D eigenvalue weighted by Gasteiger charge is 2.47. The summed E-state index contributed by atoms with van der Waals surface area (Å²) < 4.78 is 16.5. The number of hydrogen-bond donors (Lipinski definition) is 5. The average Bonchev–Trinajstić information content (AvgIpc) is 3.05. The Kier molecular flexibility index (Phi) is 5.02. The van der Waals surface area contributed by atoms with Gasteiger partial charge in [0.2, 0.25) is 6.29 Å². The van der Waals surface area contributed by atoms with Crippen LogP contribution in [0.15, 0.2) is 24.0 Å². The summed E-state index contributed by atoms with van der Waals surface area (Å²) in [5.41, 5.74) is 0.772. The fourth-order valence-electron chi connectivity index (χ4n) is 3.27. The van der Waals surface area contributed by atoms with E-state index in [-0.39, 0.29) is 18.4 Å². The van der Waals surface area contributed by atoms with Crippen LogP contribution in [0.5, 0.6) is 0 Å². The zero-order chi connectivity index (χ0) is 16.6. The van der Waals surface area contributed by atoms with Gasteiger partial charge < -0.3 is 39.7 Å². The van der Waals surface area contributed by atoms with Gasteiger partial charge in [-0.2, -0.15) is 0 Å². The second-order valence-electron chi connectivity index (χ2n) is 6.04. The third kappa shape index (κ3) is 3.03. The van der Waals surface area contributed by atoms with Crippen LogP contribution in [0.3, 0.4) is 0 Å². The van der Waals surface area contributed by atoms with Crippen LogP contribution in [0.2, 0.25) is 0 Å². The Morgan fingerprint density at radius 2 is 1.87 bits per heavy atom. The highest BCUT2D eigenvalue weighted by molar-refractivity contribution is 5.19. The summed E-state index contributed by atoms with van der Waals surface area (Å²) in [6.45, 7) is -0.619. The Labute approximate surface area is 133 Å². The fourth-order valence-corrected chi connectivity index (χ4v) is 3.27. The van der Waals surface area contributed by atoms with E-state index in [0.29, 0.717) is 0 Å². The first-order valence-corrected chi connectivity index (χ1v) is 7.64. The van der Waals surface area contributed by atoms with Crippen LogP contribution in [0.4, 0.5) is 0 Å². The standard InChI is InChI=1S/C15H22O8/c16-4-7-6-21-14(9-3-1-2-8(7)9)23-15-13(20)12(19)11(18)10(5-17)22-15/h1,3,6,8-20H,2,4-5H2/t8-,9-,10-,11-,12+,13-,14+,15+/m1/s1. The van der Waals surface area contributed by atoms with E-state index < -0.39 is 43.6 Å². The van der Waals surface area contributed by atoms with Gasteiger partial charge in [0.15, 0.2) is 6.29 Å². The van der Waals surface area contributed by atoms with Crippen molar-refractivity contribution in [3.8, 4) is 0 Å². The molecule has 130 valence electrons. The van der Waals surface area contributed by atoms with Gasteiger partial charge in [-0.15, -0.1) is 0 Å². The van der Waals surface area contributed by atoms with Crippen molar-refractivity contribution in [3.63, 3.8) is 0 Å². The minimum Gasteiger partial charge on any atom is -0.472 e. The lowest BCUT2D eigenvalue weighted by Gasteiger charge is -2.42. The van der Waals surface area contributed by atoms with Gasteiger partial charge in [0.25, 0.3) is 0 Å². The van der Waals surface area contributed by atoms with Crippen molar-refractivity contribution in [3.05, 3.63) is 24.0 Å². The molecule has 8 heteroatoms. The second-order valence-corrected chi connectivity index (χ2v) is 6.04. The Morgan fingerprint density at radius 1 is 1.09 bits per heavy atom. The Hall–Kier alpha value is -1.00. The maximum atomic E-state index is 10.0. The summed E-state index contributed by atoms with van der Waals surface area (Å²) in [4.78, 5) is 0. The minimum atomic E-state index is -1.49. The lowest BCUT2D eigenvalue weighted by Crippen LogP contribution is -2.60. The van der Waals surface area contributed by atoms with E-state index >= 15 is 0 Å². The van der Waals surface area contributed by atoms with E-state index in [9.17, 15) is 25.5 Å². The van der Waals surface area contributed by atoms with Crippen molar-refractivity contribution in [1.82, 2.24) is 0 Å². The molecule has 0 aromatic carbocycles. The number of ether oxygens (including phenoxy) is 3. The minimum absolute atomic E-state index is 0.0589. The first-order chi connectivity index (χ1) is 11.1. The van der Waals surface area contributed by atoms with Crippen LogP contribution in [-0.2, 0) is 14.2 Å². The number of hydrogen-bond acceptors (Lipinski definition) is 8. The molecule has 0 spiro atoms. The van der Waals surface area contributed by atoms with E-state index in [1.165, 1.54) is 6.26 Å². The molecule has 0 radical (unpaired) electrons. The van der Waals surface area contributed by atoms with E-state index in [2.05, 4.69) is 0 Å². The molecule has 0 amide bonds. The van der Waals surface area contributed by atoms with E-state index in [1.54, 1.807) is 0 Å². The molecule has 0 aromatic rings. The molecule has 0 unspecified atom stereocenters. The normalized spacial score (nSPS) is 46.2. The smallest absolute Gasteiger partial charge is 0.208 e. The third-order valence-electron chi connectivity index (χ3n) is 4.66. The summed E-state index contributed by atoms with van der Waals surface area (Å²) >= 11 is 0. The largest absolute Gasteiger partial charge is 0.472 e. The van der Waals surface area contributed by atoms with Gasteiger partial charge in [0, 0.05) is 11.8 Å². The summed E-state index contributed by atoms with van der Waals surface area (Å²) in [5.74, 6) is -0.0850. The molecule has 0 saturated carbocycles. The summed E-state index contributed by atoms with van der Waals surface area (Å²) in [6.07, 6.45) is -1.32. The lowest BCUT2D eigenvalue weighted by atomic mass is 9.87. The Balaban J connectivity index is 1.71. The van der Waals surface area contributed by atoms with Crippen LogP contribution >= 0.6 is 0 Å². The highest BCUT2D eigenvalue weighted by atomic mass is 16.8. The predicted molar refractivity (Wildman–Crippen MR) is 75.6 cm³/mol. The number of rotatable bonds is 4. The zero-order valence-electron chi connectivity index (χ0n) is 12.4. The van der Waals surface area contributed by atoms with Gasteiger partial charge in [0.05, 0.1) is 19.5 Å². The molecule has 0 aromatic heterocycles. The summed E-state index contributed by atoms with van der Waals surface area (Å²) in [5, 5.41) is 48.1. The molecule has 0 bridgehead atoms. The quantitative estimate of drug-likeness (QED) is 0.383. The molecule has 1 saturated heterocycles. The van der Waals surface area contributed by atoms with Crippen molar-refractivity contribution in [2.75, 3.05) is 13.2 Å². The first kappa shape index (κ1) is 16.8. The second kappa shape index (κ2) is 6.86. The maximum absolute atomic E-state index is 10.0. The predicted octanol–water partition coefficient (Wildman–Crippen LogP) is -1.77. The van der Waals surface area contributed by atoms with Gasteiger partial charge in [0.1, 0.15) is 24.4 Å². The number of allylic oxidation sites excluding steroid dienone is 1. The molecule has 1 aliphatic carbocycles. The SMILES string of the molecule is OCC1=CO[C@@H](O[C@@H]2O[C@H](CO)[C@@H](O)[C@H](O)[C@H]2O)[C@@H]2C=CC[C@H]12. The first-order valence-electron chi connectivity index (χ1n) is 7.64. The third-order valence-corrected chi connectivity index (χ3v) is 4.66. The van der Waals surface area contributed by atoms with Crippen LogP contribution in [0, 0.1) is 11.8 Å². The Bertz CT molecular complexity index is 476. The number of aliphatic hydroxyl groups is 5. The number of fused-ring (bicyclic) bond motifs is 1. The van der Waals surface area contributed by atoms with Crippen molar-refractivity contribution < 1.29 is 39.7 Å². The topological polar surface area (TPSA) is 129 Å². The van der Waals surface area contributed by atoms with Gasteiger partial charge >= 0.3 is 0 Å². The van der Waals surface area contributed by atoms with E-state index in [4.69, 9.17) is 14.2 Å². The monoisotopic (exact) mass is 330 g/mol. The fraction of sp³-hybridized carbons (Fsp3) is 0.733. The van der Waals surface area contributed by atoms with Crippen LogP contribution in [0.1, 0.15) is 6.42 Å². The number of aliphatic hydroxyl groups excluding tert-OH is 5. The molecule has 3 rings (SSSR count).